The highest BCUT2D eigenvalue weighted by Gasteiger charge is 2.24. The molecule has 0 aliphatic heterocycles. The van der Waals surface area contributed by atoms with Gasteiger partial charge in [-0.25, -0.2) is 0 Å². The fourth-order valence-electron chi connectivity index (χ4n) is 0.686. The van der Waals surface area contributed by atoms with Gasteiger partial charge in [-0.2, -0.15) is 0 Å². The van der Waals surface area contributed by atoms with Crippen LogP contribution in [0.5, 0.6) is 0 Å². The minimum atomic E-state index is -0.262. The van der Waals surface area contributed by atoms with Crippen LogP contribution < -0.4 is 11.1 Å². The first-order chi connectivity index (χ1) is 4.20. The van der Waals surface area contributed by atoms with Gasteiger partial charge in [0.15, 0.2) is 0 Å². The minimum absolute atomic E-state index is 0.155. The van der Waals surface area contributed by atoms with Gasteiger partial charge >= 0.3 is 0 Å². The van der Waals surface area contributed by atoms with Gasteiger partial charge in [-0.1, -0.05) is 0 Å². The Morgan fingerprint density at radius 3 is 2.67 bits per heavy atom. The molecule has 1 saturated carbocycles. The molecule has 1 fully saturated rings. The van der Waals surface area contributed by atoms with Crippen LogP contribution in [0.3, 0.4) is 0 Å². The lowest BCUT2D eigenvalue weighted by Gasteiger charge is -2.06. The second-order valence-corrected chi connectivity index (χ2v) is 2.56. The number of hydrogen-bond acceptors (Lipinski definition) is 2. The number of carbonyl (C=O) groups excluding carboxylic acids is 1. The highest BCUT2D eigenvalue weighted by atomic mass is 16.1. The van der Waals surface area contributed by atoms with E-state index in [2.05, 4.69) is 5.32 Å². The number of carbonyl (C=O) groups is 1. The molecule has 0 radical (unpaired) electrons. The maximum atomic E-state index is 10.4. The van der Waals surface area contributed by atoms with Gasteiger partial charge in [0.2, 0.25) is 5.91 Å². The molecule has 1 aliphatic carbocycles. The molecule has 1 unspecified atom stereocenters. The minimum Gasteiger partial charge on any atom is -0.368 e. The summed E-state index contributed by atoms with van der Waals surface area (Å²) in [6.07, 6.45) is 2.38. The number of amides is 1. The maximum absolute atomic E-state index is 10.4. The van der Waals surface area contributed by atoms with Gasteiger partial charge in [0.1, 0.15) is 0 Å². The molecule has 1 atom stereocenters. The molecule has 0 spiro atoms. The van der Waals surface area contributed by atoms with Gasteiger partial charge in [0.05, 0.1) is 6.04 Å². The Balaban J connectivity index is 2.16. The van der Waals surface area contributed by atoms with Crippen molar-refractivity contribution in [1.29, 1.82) is 0 Å². The summed E-state index contributed by atoms with van der Waals surface area (Å²) in [5.74, 6) is -0.262. The average Bonchev–Trinajstić information content (AvgIpc) is 2.50. The highest BCUT2D eigenvalue weighted by Crippen LogP contribution is 2.18. The normalized spacial score (nSPS) is 21.4. The van der Waals surface area contributed by atoms with E-state index in [1.807, 2.05) is 0 Å². The van der Waals surface area contributed by atoms with Crippen molar-refractivity contribution in [2.45, 2.75) is 31.8 Å². The Morgan fingerprint density at radius 2 is 2.33 bits per heavy atom. The van der Waals surface area contributed by atoms with Gasteiger partial charge in [-0.3, -0.25) is 4.79 Å². The summed E-state index contributed by atoms with van der Waals surface area (Å²) in [6, 6.07) is 0.407. The van der Waals surface area contributed by atoms with Gasteiger partial charge in [-0.15, -0.1) is 0 Å². The molecule has 1 amide bonds. The largest absolute Gasteiger partial charge is 0.368 e. The molecular weight excluding hydrogens is 116 g/mol. The SMILES string of the molecule is CC(NC1CC1)C(N)=O. The van der Waals surface area contributed by atoms with Crippen molar-refractivity contribution >= 4 is 5.91 Å². The van der Waals surface area contributed by atoms with Crippen molar-refractivity contribution in [3.8, 4) is 0 Å². The van der Waals surface area contributed by atoms with Crippen LogP contribution in [0.2, 0.25) is 0 Å². The summed E-state index contributed by atoms with van der Waals surface area (Å²) in [5, 5.41) is 3.08. The van der Waals surface area contributed by atoms with E-state index < -0.39 is 0 Å². The zero-order chi connectivity index (χ0) is 6.85. The summed E-state index contributed by atoms with van der Waals surface area (Å²) in [4.78, 5) is 10.4. The van der Waals surface area contributed by atoms with E-state index in [0.29, 0.717) is 6.04 Å². The summed E-state index contributed by atoms with van der Waals surface area (Å²) in [5.41, 5.74) is 5.01. The van der Waals surface area contributed by atoms with E-state index in [1.54, 1.807) is 6.92 Å². The van der Waals surface area contributed by atoms with Crippen LogP contribution in [0.1, 0.15) is 19.8 Å². The van der Waals surface area contributed by atoms with Crippen LogP contribution in [-0.2, 0) is 4.79 Å². The molecule has 0 saturated heterocycles. The van der Waals surface area contributed by atoms with Crippen molar-refractivity contribution in [1.82, 2.24) is 5.32 Å². The third-order valence-electron chi connectivity index (χ3n) is 1.49. The van der Waals surface area contributed by atoms with E-state index in [-0.39, 0.29) is 11.9 Å². The predicted octanol–water partition coefficient (Wildman–Crippen LogP) is -0.388. The van der Waals surface area contributed by atoms with E-state index in [1.165, 1.54) is 12.8 Å². The third-order valence-corrected chi connectivity index (χ3v) is 1.49. The summed E-state index contributed by atoms with van der Waals surface area (Å²) in [7, 11) is 0. The monoisotopic (exact) mass is 128 g/mol. The van der Waals surface area contributed by atoms with Gasteiger partial charge in [-0.05, 0) is 19.8 Å². The Kier molecular flexibility index (Phi) is 1.71. The van der Waals surface area contributed by atoms with Crippen LogP contribution in [0, 0.1) is 0 Å². The van der Waals surface area contributed by atoms with Crippen molar-refractivity contribution in [3.05, 3.63) is 0 Å². The van der Waals surface area contributed by atoms with Crippen LogP contribution in [-0.4, -0.2) is 18.0 Å². The van der Waals surface area contributed by atoms with Crippen LogP contribution in [0.4, 0.5) is 0 Å². The Labute approximate surface area is 54.6 Å². The number of nitrogens with two attached hydrogens (primary N) is 1. The van der Waals surface area contributed by atoms with Crippen molar-refractivity contribution in [3.63, 3.8) is 0 Å². The number of hydrogen-bond donors (Lipinski definition) is 2. The predicted molar refractivity (Wildman–Crippen MR) is 34.8 cm³/mol. The molecule has 1 rings (SSSR count). The lowest BCUT2D eigenvalue weighted by molar-refractivity contribution is -0.119. The lowest BCUT2D eigenvalue weighted by Crippen LogP contribution is -2.39. The quantitative estimate of drug-likeness (QED) is 0.544. The van der Waals surface area contributed by atoms with Crippen LogP contribution in [0.25, 0.3) is 0 Å². The molecule has 52 valence electrons. The fraction of sp³-hybridized carbons (Fsp3) is 0.833. The Morgan fingerprint density at radius 1 is 1.78 bits per heavy atom. The number of rotatable bonds is 3. The lowest BCUT2D eigenvalue weighted by atomic mass is 10.3. The fourth-order valence-corrected chi connectivity index (χ4v) is 0.686. The molecule has 0 heterocycles. The molecule has 1 aliphatic rings. The molecule has 9 heavy (non-hydrogen) atoms. The van der Waals surface area contributed by atoms with Crippen molar-refractivity contribution in [2.24, 2.45) is 5.73 Å². The number of nitrogens with one attached hydrogen (secondary N) is 1. The number of primary amides is 1. The first-order valence-corrected chi connectivity index (χ1v) is 3.25. The zero-order valence-corrected chi connectivity index (χ0v) is 5.55. The maximum Gasteiger partial charge on any atom is 0.234 e. The van der Waals surface area contributed by atoms with Gasteiger partial charge in [0.25, 0.3) is 0 Å². The smallest absolute Gasteiger partial charge is 0.234 e. The zero-order valence-electron chi connectivity index (χ0n) is 5.55. The van der Waals surface area contributed by atoms with E-state index in [4.69, 9.17) is 5.73 Å². The first kappa shape index (κ1) is 6.55. The van der Waals surface area contributed by atoms with Gasteiger partial charge < -0.3 is 11.1 Å². The molecule has 0 aromatic carbocycles. The second kappa shape index (κ2) is 2.35. The standard InChI is InChI=1S/C6H12N2O/c1-4(6(7)9)8-5-2-3-5/h4-5,8H,2-3H2,1H3,(H2,7,9). The highest BCUT2D eigenvalue weighted by molar-refractivity contribution is 5.79. The van der Waals surface area contributed by atoms with E-state index in [9.17, 15) is 4.79 Å². The second-order valence-electron chi connectivity index (χ2n) is 2.56. The molecule has 0 aromatic rings. The van der Waals surface area contributed by atoms with Crippen molar-refractivity contribution in [2.75, 3.05) is 0 Å². The molecule has 0 aromatic heterocycles. The topological polar surface area (TPSA) is 55.1 Å². The third kappa shape index (κ3) is 2.01. The van der Waals surface area contributed by atoms with Crippen molar-refractivity contribution < 1.29 is 4.79 Å². The van der Waals surface area contributed by atoms with Crippen LogP contribution >= 0.6 is 0 Å². The summed E-state index contributed by atoms with van der Waals surface area (Å²) in [6.45, 7) is 1.79. The molecule has 0 bridgehead atoms. The van der Waals surface area contributed by atoms with E-state index >= 15 is 0 Å². The Hall–Kier alpha value is -0.570. The summed E-state index contributed by atoms with van der Waals surface area (Å²) >= 11 is 0. The van der Waals surface area contributed by atoms with Crippen LogP contribution in [0.15, 0.2) is 0 Å². The van der Waals surface area contributed by atoms with Gasteiger partial charge in [0, 0.05) is 6.04 Å². The molecule has 3 nitrogen and oxygen atoms in total. The molecular formula is C6H12N2O. The van der Waals surface area contributed by atoms with E-state index in [0.717, 1.165) is 0 Å². The molecule has 3 N–H and O–H groups in total. The Bertz CT molecular complexity index is 120. The summed E-state index contributed by atoms with van der Waals surface area (Å²) < 4.78 is 0. The first-order valence-electron chi connectivity index (χ1n) is 3.25. The molecule has 3 heteroatoms. The average molecular weight is 128 g/mol.